The average molecular weight is 267 g/mol. The van der Waals surface area contributed by atoms with Crippen LogP contribution in [0.2, 0.25) is 0 Å². The summed E-state index contributed by atoms with van der Waals surface area (Å²) in [5.74, 6) is 1.51. The first-order valence-corrected chi connectivity index (χ1v) is 6.47. The Morgan fingerprint density at radius 2 is 2.32 bits per heavy atom. The van der Waals surface area contributed by atoms with Gasteiger partial charge in [0, 0.05) is 25.2 Å². The van der Waals surface area contributed by atoms with Crippen molar-refractivity contribution >= 4 is 5.91 Å². The van der Waals surface area contributed by atoms with E-state index in [4.69, 9.17) is 9.26 Å². The fraction of sp³-hybridized carbons (Fsp3) is 0.692. The van der Waals surface area contributed by atoms with Crippen LogP contribution in [0.1, 0.15) is 12.7 Å². The van der Waals surface area contributed by atoms with E-state index in [0.717, 1.165) is 13.1 Å². The normalized spacial score (nSPS) is 23.1. The Balaban J connectivity index is 1.84. The Bertz CT molecular complexity index is 444. The van der Waals surface area contributed by atoms with Crippen LogP contribution < -0.4 is 4.74 Å². The Morgan fingerprint density at radius 1 is 1.58 bits per heavy atom. The number of carbonyl (C=O) groups is 1. The lowest BCUT2D eigenvalue weighted by molar-refractivity contribution is -0.132. The third-order valence-electron chi connectivity index (χ3n) is 3.54. The number of aromatic nitrogens is 1. The van der Waals surface area contributed by atoms with Crippen molar-refractivity contribution in [1.29, 1.82) is 0 Å². The number of likely N-dealkylation sites (N-methyl/N-ethyl adjacent to an activating group) is 1. The molecular weight excluding hydrogens is 246 g/mol. The molecule has 6 nitrogen and oxygen atoms in total. The molecule has 1 aromatic heterocycles. The molecular formula is C13H21N3O3. The minimum Gasteiger partial charge on any atom is -0.465 e. The molecule has 1 fully saturated rings. The summed E-state index contributed by atoms with van der Waals surface area (Å²) in [6, 6.07) is 2.08. The third-order valence-corrected chi connectivity index (χ3v) is 3.54. The smallest absolute Gasteiger partial charge is 0.260 e. The second-order valence-corrected chi connectivity index (χ2v) is 5.37. The number of likely N-dealkylation sites (tertiary alicyclic amines) is 1. The fourth-order valence-electron chi connectivity index (χ4n) is 2.46. The molecule has 2 heterocycles. The van der Waals surface area contributed by atoms with Crippen molar-refractivity contribution in [2.45, 2.75) is 19.9 Å². The predicted octanol–water partition coefficient (Wildman–Crippen LogP) is 0.770. The molecule has 6 heteroatoms. The summed E-state index contributed by atoms with van der Waals surface area (Å²) in [5.41, 5.74) is 0. The molecule has 0 aromatic carbocycles. The Hall–Kier alpha value is -1.56. The molecule has 1 aliphatic heterocycles. The molecule has 1 amide bonds. The van der Waals surface area contributed by atoms with E-state index >= 15 is 0 Å². The molecule has 0 N–H and O–H groups in total. The highest BCUT2D eigenvalue weighted by Gasteiger charge is 2.33. The summed E-state index contributed by atoms with van der Waals surface area (Å²) < 4.78 is 10.2. The molecule has 1 aromatic rings. The zero-order chi connectivity index (χ0) is 14.0. The van der Waals surface area contributed by atoms with Crippen LogP contribution in [0.15, 0.2) is 10.6 Å². The van der Waals surface area contributed by atoms with E-state index in [2.05, 4.69) is 17.0 Å². The van der Waals surface area contributed by atoms with Crippen LogP contribution in [0.5, 0.6) is 5.88 Å². The van der Waals surface area contributed by atoms with Crippen molar-refractivity contribution in [1.82, 2.24) is 15.0 Å². The molecule has 2 atom stereocenters. The van der Waals surface area contributed by atoms with E-state index in [1.807, 2.05) is 19.0 Å². The van der Waals surface area contributed by atoms with Gasteiger partial charge >= 0.3 is 0 Å². The number of hydrogen-bond acceptors (Lipinski definition) is 5. The van der Waals surface area contributed by atoms with Crippen LogP contribution in [0.3, 0.4) is 0 Å². The van der Waals surface area contributed by atoms with E-state index in [1.165, 1.54) is 0 Å². The van der Waals surface area contributed by atoms with Crippen LogP contribution in [0.4, 0.5) is 0 Å². The Labute approximate surface area is 113 Å². The van der Waals surface area contributed by atoms with Crippen molar-refractivity contribution in [3.8, 4) is 5.88 Å². The Kier molecular flexibility index (Phi) is 4.09. The summed E-state index contributed by atoms with van der Waals surface area (Å²) in [4.78, 5) is 16.1. The van der Waals surface area contributed by atoms with Gasteiger partial charge in [0.05, 0.1) is 0 Å². The highest BCUT2D eigenvalue weighted by molar-refractivity contribution is 5.78. The van der Waals surface area contributed by atoms with Gasteiger partial charge in [0.1, 0.15) is 5.76 Å². The number of rotatable bonds is 4. The second kappa shape index (κ2) is 5.61. The van der Waals surface area contributed by atoms with Gasteiger partial charge in [0.2, 0.25) is 0 Å². The molecule has 1 aliphatic rings. The lowest BCUT2D eigenvalue weighted by atomic mass is 10.1. The van der Waals surface area contributed by atoms with Crippen LogP contribution in [-0.4, -0.2) is 60.7 Å². The molecule has 0 unspecified atom stereocenters. The van der Waals surface area contributed by atoms with Crippen LogP contribution in [0, 0.1) is 12.8 Å². The molecule has 106 valence electrons. The number of nitrogens with zero attached hydrogens (tertiary/aromatic N) is 3. The van der Waals surface area contributed by atoms with Crippen molar-refractivity contribution in [2.24, 2.45) is 5.92 Å². The molecule has 0 spiro atoms. The SMILES string of the molecule is Cc1cc(OCC(=O)N2C[C@@H](C)[C@H](N(C)C)C2)no1. The molecule has 0 aliphatic carbocycles. The monoisotopic (exact) mass is 267 g/mol. The van der Waals surface area contributed by atoms with Gasteiger partial charge in [-0.3, -0.25) is 4.79 Å². The van der Waals surface area contributed by atoms with Crippen molar-refractivity contribution in [3.63, 3.8) is 0 Å². The van der Waals surface area contributed by atoms with Gasteiger partial charge in [-0.2, -0.15) is 0 Å². The summed E-state index contributed by atoms with van der Waals surface area (Å²) in [7, 11) is 4.09. The molecule has 1 saturated heterocycles. The molecule has 0 radical (unpaired) electrons. The largest absolute Gasteiger partial charge is 0.465 e. The maximum atomic E-state index is 12.1. The number of hydrogen-bond donors (Lipinski definition) is 0. The van der Waals surface area contributed by atoms with Gasteiger partial charge in [0.15, 0.2) is 6.61 Å². The quantitative estimate of drug-likeness (QED) is 0.806. The minimum atomic E-state index is -0.00291. The third kappa shape index (κ3) is 3.26. The lowest BCUT2D eigenvalue weighted by Crippen LogP contribution is -2.37. The van der Waals surface area contributed by atoms with Gasteiger partial charge in [0.25, 0.3) is 11.8 Å². The molecule has 19 heavy (non-hydrogen) atoms. The predicted molar refractivity (Wildman–Crippen MR) is 70.0 cm³/mol. The van der Waals surface area contributed by atoms with E-state index in [-0.39, 0.29) is 12.5 Å². The lowest BCUT2D eigenvalue weighted by Gasteiger charge is -2.22. The van der Waals surface area contributed by atoms with E-state index in [1.54, 1.807) is 13.0 Å². The van der Waals surface area contributed by atoms with Crippen molar-refractivity contribution in [2.75, 3.05) is 33.8 Å². The zero-order valence-electron chi connectivity index (χ0n) is 11.9. The first-order chi connectivity index (χ1) is 8.97. The van der Waals surface area contributed by atoms with Gasteiger partial charge in [-0.25, -0.2) is 0 Å². The van der Waals surface area contributed by atoms with E-state index in [9.17, 15) is 4.79 Å². The van der Waals surface area contributed by atoms with Crippen LogP contribution in [0.25, 0.3) is 0 Å². The standard InChI is InChI=1S/C13H21N3O3/c1-9-6-16(7-11(9)15(3)4)13(17)8-18-12-5-10(2)19-14-12/h5,9,11H,6-8H2,1-4H3/t9-,11-/m1/s1. The van der Waals surface area contributed by atoms with Crippen molar-refractivity contribution in [3.05, 3.63) is 11.8 Å². The van der Waals surface area contributed by atoms with Gasteiger partial charge in [-0.1, -0.05) is 6.92 Å². The first kappa shape index (κ1) is 13.9. The number of carbonyl (C=O) groups excluding carboxylic acids is 1. The zero-order valence-corrected chi connectivity index (χ0v) is 11.9. The summed E-state index contributed by atoms with van der Waals surface area (Å²) in [6.45, 7) is 5.50. The van der Waals surface area contributed by atoms with E-state index in [0.29, 0.717) is 23.6 Å². The maximum Gasteiger partial charge on any atom is 0.260 e. The number of aryl methyl sites for hydroxylation is 1. The minimum absolute atomic E-state index is 0.00291. The van der Waals surface area contributed by atoms with Gasteiger partial charge in [-0.15, -0.1) is 0 Å². The summed E-state index contributed by atoms with van der Waals surface area (Å²) in [5, 5.41) is 3.70. The average Bonchev–Trinajstić information content (AvgIpc) is 2.92. The molecule has 0 bridgehead atoms. The fourth-order valence-corrected chi connectivity index (χ4v) is 2.46. The molecule has 2 rings (SSSR count). The summed E-state index contributed by atoms with van der Waals surface area (Å²) in [6.07, 6.45) is 0. The van der Waals surface area contributed by atoms with Crippen LogP contribution in [-0.2, 0) is 4.79 Å². The highest BCUT2D eigenvalue weighted by Crippen LogP contribution is 2.20. The van der Waals surface area contributed by atoms with Gasteiger partial charge < -0.3 is 19.1 Å². The van der Waals surface area contributed by atoms with Crippen molar-refractivity contribution < 1.29 is 14.1 Å². The van der Waals surface area contributed by atoms with Gasteiger partial charge in [-0.05, 0) is 32.1 Å². The topological polar surface area (TPSA) is 58.8 Å². The Morgan fingerprint density at radius 3 is 2.84 bits per heavy atom. The first-order valence-electron chi connectivity index (χ1n) is 6.47. The van der Waals surface area contributed by atoms with Crippen LogP contribution >= 0.6 is 0 Å². The maximum absolute atomic E-state index is 12.1. The number of amides is 1. The highest BCUT2D eigenvalue weighted by atomic mass is 16.5. The van der Waals surface area contributed by atoms with E-state index < -0.39 is 0 Å². The molecule has 0 saturated carbocycles. The number of ether oxygens (including phenoxy) is 1. The second-order valence-electron chi connectivity index (χ2n) is 5.37. The summed E-state index contributed by atoms with van der Waals surface area (Å²) >= 11 is 0.